The summed E-state index contributed by atoms with van der Waals surface area (Å²) in [7, 11) is 0. The molecule has 0 fully saturated rings. The van der Waals surface area contributed by atoms with Gasteiger partial charge in [-0.2, -0.15) is 0 Å². The van der Waals surface area contributed by atoms with Crippen molar-refractivity contribution >= 4 is 70.9 Å². The molecule has 7 heteroatoms. The van der Waals surface area contributed by atoms with Crippen molar-refractivity contribution in [2.24, 2.45) is 0 Å². The van der Waals surface area contributed by atoms with Gasteiger partial charge in [-0.05, 0) is 23.1 Å². The summed E-state index contributed by atoms with van der Waals surface area (Å²) in [5.74, 6) is 2.06. The molecule has 0 saturated heterocycles. The van der Waals surface area contributed by atoms with Crippen LogP contribution in [0, 0.1) is 22.9 Å². The summed E-state index contributed by atoms with van der Waals surface area (Å²) in [6.45, 7) is 15.7. The molecule has 0 aliphatic rings. The minimum absolute atomic E-state index is 0.0845. The molecule has 0 saturated carbocycles. The summed E-state index contributed by atoms with van der Waals surface area (Å²) in [5.41, 5.74) is 17.7. The van der Waals surface area contributed by atoms with Crippen LogP contribution >= 0.6 is 0 Å². The number of hydrogen-bond acceptors (Lipinski definition) is 2. The Balaban J connectivity index is 0.951. The number of nitrogens with zero attached hydrogens (tertiary/aromatic N) is 5. The van der Waals surface area contributed by atoms with Crippen LogP contribution in [0.3, 0.4) is 0 Å². The first-order valence-corrected chi connectivity index (χ1v) is 27.2. The van der Waals surface area contributed by atoms with E-state index in [0.29, 0.717) is 11.5 Å². The molecule has 0 atom stereocenters. The predicted molar refractivity (Wildman–Crippen MR) is 310 cm³/mol. The van der Waals surface area contributed by atoms with Gasteiger partial charge in [-0.15, -0.1) is 0 Å². The average Bonchev–Trinajstić information content (AvgIpc) is 4.22. The standard InChI is InChI=1S/C69H53N5O.Pt/c1-43-29-30-48(71-42-72(60-28-17-16-27-59(60)71)66-54(44-19-10-8-11-20-44)35-47(69(5,6)7)36-55(66)45-21-12-9-13-22-45)38-64(43)75-49-31-32-51-56-40-57-53-25-18-24-52-50-23-14-15-26-58(50)74(67(52)53)63(57)41-62(56)73(61(51)39-49)65-37-46(33-34-70-65)68(2,3)4;/h8-37,40-41H,1-7H3;/q-2;. The third-order valence-corrected chi connectivity index (χ3v) is 16.5. The van der Waals surface area contributed by atoms with E-state index in [2.05, 4.69) is 286 Å². The number of aromatic nitrogens is 5. The number of para-hydroxylation sites is 4. The molecular formula is C69H53N5OPt-2. The van der Waals surface area contributed by atoms with Gasteiger partial charge in [-0.3, -0.25) is 0 Å². The van der Waals surface area contributed by atoms with E-state index in [-0.39, 0.29) is 10.8 Å². The van der Waals surface area contributed by atoms with Crippen molar-refractivity contribution in [1.82, 2.24) is 23.1 Å². The second kappa shape index (κ2) is 17.1. The first-order valence-electron chi connectivity index (χ1n) is 26.0. The fraction of sp³-hybridized carbons (Fsp3) is 0.130. The van der Waals surface area contributed by atoms with E-state index in [9.17, 15) is 0 Å². The molecule has 0 bridgehead atoms. The quantitative estimate of drug-likeness (QED) is 0.149. The van der Waals surface area contributed by atoms with Gasteiger partial charge in [0.05, 0.1) is 16.6 Å². The number of benzene rings is 9. The Morgan fingerprint density at radius 3 is 1.76 bits per heavy atom. The Hall–Kier alpha value is -8.31. The molecule has 14 aromatic rings. The van der Waals surface area contributed by atoms with Crippen LogP contribution in [-0.4, -0.2) is 23.1 Å². The molecule has 0 radical (unpaired) electrons. The molecule has 372 valence electrons. The van der Waals surface area contributed by atoms with Crippen LogP contribution < -0.4 is 4.74 Å². The topological polar surface area (TPSA) is 41.3 Å². The minimum Gasteiger partial charge on any atom is -0.0561 e. The summed E-state index contributed by atoms with van der Waals surface area (Å²) in [6.07, 6.45) is 1.94. The van der Waals surface area contributed by atoms with Gasteiger partial charge in [0.1, 0.15) is 0 Å². The second-order valence-corrected chi connectivity index (χ2v) is 23.3. The monoisotopic (exact) mass is 1160 g/mol. The van der Waals surface area contributed by atoms with Crippen molar-refractivity contribution < 1.29 is 24.1 Å². The Labute approximate surface area is 452 Å². The van der Waals surface area contributed by atoms with Gasteiger partial charge >= 0.3 is 326 Å². The molecule has 76 heavy (non-hydrogen) atoms. The predicted octanol–water partition coefficient (Wildman–Crippen LogP) is 17.8. The van der Waals surface area contributed by atoms with Crippen molar-refractivity contribution in [3.05, 3.63) is 227 Å². The van der Waals surface area contributed by atoms with E-state index in [1.807, 2.05) is 6.20 Å². The first kappa shape index (κ1) is 46.2. The Kier molecular flexibility index (Phi) is 10.4. The Morgan fingerprint density at radius 2 is 1.08 bits per heavy atom. The van der Waals surface area contributed by atoms with Crippen LogP contribution in [0.4, 0.5) is 0 Å². The first-order chi connectivity index (χ1) is 36.8. The maximum atomic E-state index is 7.02. The molecule has 0 amide bonds. The van der Waals surface area contributed by atoms with Crippen molar-refractivity contribution in [1.29, 1.82) is 0 Å². The molecule has 9 aromatic carbocycles. The van der Waals surface area contributed by atoms with Crippen LogP contribution in [0.2, 0.25) is 0 Å². The molecular weight excluding hydrogens is 1110 g/mol. The van der Waals surface area contributed by atoms with E-state index < -0.39 is 0 Å². The van der Waals surface area contributed by atoms with E-state index in [0.717, 1.165) is 76.0 Å². The van der Waals surface area contributed by atoms with Gasteiger partial charge in [0.25, 0.3) is 0 Å². The smallest absolute Gasteiger partial charge is 0.0561 e. The third-order valence-electron chi connectivity index (χ3n) is 15.5. The summed E-state index contributed by atoms with van der Waals surface area (Å²) in [5, 5.41) is 7.21. The van der Waals surface area contributed by atoms with E-state index in [1.165, 1.54) is 54.8 Å². The third kappa shape index (κ3) is 7.18. The van der Waals surface area contributed by atoms with Crippen molar-refractivity contribution in [3.63, 3.8) is 0 Å². The maximum absolute atomic E-state index is 7.02. The zero-order chi connectivity index (χ0) is 51.8. The number of hydrogen-bond donors (Lipinski definition) is 0. The van der Waals surface area contributed by atoms with Gasteiger partial charge < -0.3 is 4.40 Å². The summed E-state index contributed by atoms with van der Waals surface area (Å²) < 4.78 is 17.5. The average molecular weight is 1160 g/mol. The van der Waals surface area contributed by atoms with E-state index in [4.69, 9.17) is 9.72 Å². The van der Waals surface area contributed by atoms with E-state index in [1.54, 1.807) is 0 Å². The van der Waals surface area contributed by atoms with Crippen molar-refractivity contribution in [3.8, 4) is 50.9 Å². The van der Waals surface area contributed by atoms with E-state index >= 15 is 0 Å². The minimum atomic E-state index is -0.0869. The molecule has 0 aliphatic carbocycles. The number of fused-ring (bicyclic) bond motifs is 10. The van der Waals surface area contributed by atoms with Crippen LogP contribution in [0.15, 0.2) is 194 Å². The SMILES string of the molecule is Cc1ccc(-n2[c](=[Pt])n(-c3c(-c4ccccc4)cc(C(C)(C)C)cc3-c3ccccc3)c3ccccc32)[c-]c1Oc1[c-]c2c(cc1)c1cc3c4cccc5c6ccccc6n(c3cc1n2-c1cc(C(C)(C)C)ccn1)c54. The molecule has 5 aromatic heterocycles. The molecule has 0 N–H and O–H groups in total. The van der Waals surface area contributed by atoms with Gasteiger partial charge in [-0.1, -0.05) is 57.2 Å². The fourth-order valence-corrected chi connectivity index (χ4v) is 12.6. The van der Waals surface area contributed by atoms with Crippen LogP contribution in [0.25, 0.3) is 110 Å². The van der Waals surface area contributed by atoms with Crippen LogP contribution in [-0.2, 0) is 30.2 Å². The number of pyridine rings is 1. The summed E-state index contributed by atoms with van der Waals surface area (Å²) in [6, 6.07) is 75.8. The van der Waals surface area contributed by atoms with Gasteiger partial charge in [0, 0.05) is 27.7 Å². The zero-order valence-electron chi connectivity index (χ0n) is 43.4. The summed E-state index contributed by atoms with van der Waals surface area (Å²) >= 11 is 2.52. The fourth-order valence-electron chi connectivity index (χ4n) is 11.6. The van der Waals surface area contributed by atoms with Gasteiger partial charge in [0.2, 0.25) is 0 Å². The molecule has 0 spiro atoms. The number of rotatable bonds is 7. The van der Waals surface area contributed by atoms with Gasteiger partial charge in [-0.25, -0.2) is 0 Å². The Bertz CT molecular complexity index is 4650. The second-order valence-electron chi connectivity index (χ2n) is 22.3. The Morgan fingerprint density at radius 1 is 0.474 bits per heavy atom. The zero-order valence-corrected chi connectivity index (χ0v) is 45.7. The van der Waals surface area contributed by atoms with Crippen LogP contribution in [0.1, 0.15) is 58.2 Å². The van der Waals surface area contributed by atoms with Gasteiger partial charge in [0.15, 0.2) is 0 Å². The molecule has 0 unspecified atom stereocenters. The van der Waals surface area contributed by atoms with Crippen molar-refractivity contribution in [2.75, 3.05) is 0 Å². The molecule has 0 aliphatic heterocycles. The molecule has 6 nitrogen and oxygen atoms in total. The molecule has 5 heterocycles. The molecule has 14 rings (SSSR count). The number of imidazole rings is 1. The van der Waals surface area contributed by atoms with Crippen molar-refractivity contribution in [2.45, 2.75) is 59.3 Å². The number of aryl methyl sites for hydroxylation is 1. The summed E-state index contributed by atoms with van der Waals surface area (Å²) in [4.78, 5) is 5.08. The number of ether oxygens (including phenoxy) is 1. The van der Waals surface area contributed by atoms with Crippen LogP contribution in [0.5, 0.6) is 11.5 Å². The normalized spacial score (nSPS) is 12.5.